The van der Waals surface area contributed by atoms with Gasteiger partial charge in [-0.05, 0) is 39.9 Å². The summed E-state index contributed by atoms with van der Waals surface area (Å²) in [7, 11) is -3.22. The summed E-state index contributed by atoms with van der Waals surface area (Å²) in [5, 5.41) is 4.05. The van der Waals surface area contributed by atoms with Gasteiger partial charge in [-0.15, -0.1) is 0 Å². The van der Waals surface area contributed by atoms with E-state index in [1.807, 2.05) is 36.7 Å². The summed E-state index contributed by atoms with van der Waals surface area (Å²) in [6, 6.07) is 3.99. The molecule has 0 atom stereocenters. The van der Waals surface area contributed by atoms with Crippen LogP contribution in [0.2, 0.25) is 0 Å². The topological polar surface area (TPSA) is 59.1 Å². The molecule has 2 aromatic heterocycles. The van der Waals surface area contributed by atoms with Gasteiger partial charge in [0, 0.05) is 24.5 Å². The normalized spacial score (nSPS) is 11.9. The molecule has 2 rings (SSSR count). The zero-order chi connectivity index (χ0) is 14.6. The largest absolute Gasteiger partial charge is 0.264 e. The second-order valence-electron chi connectivity index (χ2n) is 5.09. The predicted molar refractivity (Wildman–Crippen MR) is 83.0 cm³/mol. The quantitative estimate of drug-likeness (QED) is 0.892. The van der Waals surface area contributed by atoms with Crippen LogP contribution in [-0.4, -0.2) is 19.2 Å². The molecule has 0 radical (unpaired) electrons. The Morgan fingerprint density at radius 3 is 2.75 bits per heavy atom. The van der Waals surface area contributed by atoms with Crippen molar-refractivity contribution in [2.45, 2.75) is 20.4 Å². The Kier molecular flexibility index (Phi) is 4.91. The fourth-order valence-corrected chi connectivity index (χ4v) is 3.91. The minimum absolute atomic E-state index is 0.114. The van der Waals surface area contributed by atoms with E-state index in [0.717, 1.165) is 16.7 Å². The number of sulfonamides is 1. The lowest BCUT2D eigenvalue weighted by Crippen LogP contribution is -2.28. The van der Waals surface area contributed by atoms with Gasteiger partial charge in [-0.25, -0.2) is 13.1 Å². The van der Waals surface area contributed by atoms with Crippen LogP contribution in [0, 0.1) is 5.92 Å². The van der Waals surface area contributed by atoms with Crippen molar-refractivity contribution in [1.82, 2.24) is 9.71 Å². The zero-order valence-electron chi connectivity index (χ0n) is 11.5. The van der Waals surface area contributed by atoms with E-state index < -0.39 is 10.0 Å². The number of nitrogens with zero attached hydrogens (tertiary/aromatic N) is 1. The number of pyridine rings is 1. The summed E-state index contributed by atoms with van der Waals surface area (Å²) >= 11 is 1.63. The summed E-state index contributed by atoms with van der Waals surface area (Å²) in [5.41, 5.74) is 2.97. The lowest BCUT2D eigenvalue weighted by atomic mass is 10.1. The molecule has 0 aromatic carbocycles. The van der Waals surface area contributed by atoms with E-state index in [-0.39, 0.29) is 18.2 Å². The Morgan fingerprint density at radius 2 is 2.10 bits per heavy atom. The molecule has 0 aliphatic rings. The summed E-state index contributed by atoms with van der Waals surface area (Å²) < 4.78 is 26.2. The van der Waals surface area contributed by atoms with Crippen molar-refractivity contribution < 1.29 is 8.42 Å². The SMILES string of the molecule is CC(C)CS(=O)(=O)NCc1cncc(-c2ccsc2)c1. The van der Waals surface area contributed by atoms with E-state index in [2.05, 4.69) is 9.71 Å². The molecule has 0 unspecified atom stereocenters. The second kappa shape index (κ2) is 6.47. The van der Waals surface area contributed by atoms with E-state index in [9.17, 15) is 8.42 Å². The van der Waals surface area contributed by atoms with Crippen LogP contribution in [0.4, 0.5) is 0 Å². The Labute approximate surface area is 123 Å². The number of rotatable bonds is 6. The Morgan fingerprint density at radius 1 is 1.30 bits per heavy atom. The third-order valence-electron chi connectivity index (χ3n) is 2.70. The molecule has 2 heterocycles. The van der Waals surface area contributed by atoms with Gasteiger partial charge in [0.2, 0.25) is 10.0 Å². The first-order valence-corrected chi connectivity index (χ1v) is 8.99. The van der Waals surface area contributed by atoms with E-state index in [1.54, 1.807) is 23.7 Å². The van der Waals surface area contributed by atoms with Gasteiger partial charge < -0.3 is 0 Å². The third kappa shape index (κ3) is 4.40. The van der Waals surface area contributed by atoms with E-state index in [4.69, 9.17) is 0 Å². The molecule has 0 amide bonds. The Balaban J connectivity index is 2.06. The third-order valence-corrected chi connectivity index (χ3v) is 5.07. The fraction of sp³-hybridized carbons (Fsp3) is 0.357. The van der Waals surface area contributed by atoms with E-state index >= 15 is 0 Å². The maximum Gasteiger partial charge on any atom is 0.212 e. The number of thiophene rings is 1. The molecule has 1 N–H and O–H groups in total. The van der Waals surface area contributed by atoms with Crippen LogP contribution in [0.25, 0.3) is 11.1 Å². The van der Waals surface area contributed by atoms with Crippen LogP contribution in [0.5, 0.6) is 0 Å². The van der Waals surface area contributed by atoms with Gasteiger partial charge in [0.1, 0.15) is 0 Å². The van der Waals surface area contributed by atoms with Crippen LogP contribution in [0.3, 0.4) is 0 Å². The van der Waals surface area contributed by atoms with Gasteiger partial charge in [0.05, 0.1) is 5.75 Å². The Hall–Kier alpha value is -1.24. The highest BCUT2D eigenvalue weighted by molar-refractivity contribution is 7.89. The monoisotopic (exact) mass is 310 g/mol. The highest BCUT2D eigenvalue weighted by Crippen LogP contribution is 2.21. The van der Waals surface area contributed by atoms with Crippen molar-refractivity contribution in [2.24, 2.45) is 5.92 Å². The minimum atomic E-state index is -3.22. The van der Waals surface area contributed by atoms with Crippen LogP contribution in [0.1, 0.15) is 19.4 Å². The van der Waals surface area contributed by atoms with Gasteiger partial charge in [-0.1, -0.05) is 13.8 Å². The number of hydrogen-bond donors (Lipinski definition) is 1. The summed E-state index contributed by atoms with van der Waals surface area (Å²) in [6.45, 7) is 4.05. The van der Waals surface area contributed by atoms with Gasteiger partial charge in [-0.2, -0.15) is 11.3 Å². The van der Waals surface area contributed by atoms with Crippen LogP contribution in [0.15, 0.2) is 35.3 Å². The lowest BCUT2D eigenvalue weighted by molar-refractivity contribution is 0.568. The van der Waals surface area contributed by atoms with Crippen molar-refractivity contribution >= 4 is 21.4 Å². The van der Waals surface area contributed by atoms with Gasteiger partial charge in [0.25, 0.3) is 0 Å². The molecule has 0 aliphatic heterocycles. The molecule has 0 aliphatic carbocycles. The van der Waals surface area contributed by atoms with E-state index in [1.165, 1.54) is 0 Å². The highest BCUT2D eigenvalue weighted by atomic mass is 32.2. The first kappa shape index (κ1) is 15.2. The predicted octanol–water partition coefficient (Wildman–Crippen LogP) is 2.89. The molecule has 4 nitrogen and oxygen atoms in total. The summed E-state index contributed by atoms with van der Waals surface area (Å²) in [5.74, 6) is 0.257. The van der Waals surface area contributed by atoms with Crippen molar-refractivity contribution in [3.8, 4) is 11.1 Å². The number of nitrogens with one attached hydrogen (secondary N) is 1. The first-order chi connectivity index (χ1) is 9.46. The van der Waals surface area contributed by atoms with Crippen molar-refractivity contribution in [2.75, 3.05) is 5.75 Å². The van der Waals surface area contributed by atoms with Crippen molar-refractivity contribution in [3.05, 3.63) is 40.8 Å². The molecule has 108 valence electrons. The highest BCUT2D eigenvalue weighted by Gasteiger charge is 2.12. The number of hydrogen-bond acceptors (Lipinski definition) is 4. The summed E-state index contributed by atoms with van der Waals surface area (Å²) in [4.78, 5) is 4.17. The van der Waals surface area contributed by atoms with Crippen LogP contribution >= 0.6 is 11.3 Å². The number of aromatic nitrogens is 1. The average Bonchev–Trinajstić information content (AvgIpc) is 2.89. The molecule has 0 saturated heterocycles. The lowest BCUT2D eigenvalue weighted by Gasteiger charge is -2.09. The maximum absolute atomic E-state index is 11.8. The fourth-order valence-electron chi connectivity index (χ4n) is 1.86. The molecule has 0 bridgehead atoms. The Bertz CT molecular complexity index is 650. The molecule has 2 aromatic rings. The van der Waals surface area contributed by atoms with Crippen LogP contribution < -0.4 is 4.72 Å². The van der Waals surface area contributed by atoms with Gasteiger partial charge in [-0.3, -0.25) is 4.98 Å². The van der Waals surface area contributed by atoms with E-state index in [0.29, 0.717) is 0 Å². The smallest absolute Gasteiger partial charge is 0.212 e. The standard InChI is InChI=1S/C14H18N2O2S2/c1-11(2)10-20(17,18)16-7-12-5-14(8-15-6-12)13-3-4-19-9-13/h3-6,8-9,11,16H,7,10H2,1-2H3. The molecule has 0 fully saturated rings. The molecule has 0 saturated carbocycles. The average molecular weight is 310 g/mol. The molecule has 6 heteroatoms. The van der Waals surface area contributed by atoms with Crippen molar-refractivity contribution in [3.63, 3.8) is 0 Å². The molecule has 20 heavy (non-hydrogen) atoms. The van der Waals surface area contributed by atoms with Gasteiger partial charge in [0.15, 0.2) is 0 Å². The molecule has 0 spiro atoms. The van der Waals surface area contributed by atoms with Crippen LogP contribution in [-0.2, 0) is 16.6 Å². The summed E-state index contributed by atoms with van der Waals surface area (Å²) in [6.07, 6.45) is 3.47. The van der Waals surface area contributed by atoms with Crippen molar-refractivity contribution in [1.29, 1.82) is 0 Å². The molecular formula is C14H18N2O2S2. The first-order valence-electron chi connectivity index (χ1n) is 6.40. The molecular weight excluding hydrogens is 292 g/mol. The second-order valence-corrected chi connectivity index (χ2v) is 7.72. The zero-order valence-corrected chi connectivity index (χ0v) is 13.2. The minimum Gasteiger partial charge on any atom is -0.264 e. The maximum atomic E-state index is 11.8. The van der Waals surface area contributed by atoms with Gasteiger partial charge >= 0.3 is 0 Å².